The van der Waals surface area contributed by atoms with Crippen molar-refractivity contribution in [1.29, 1.82) is 0 Å². The molecule has 3 atom stereocenters. The van der Waals surface area contributed by atoms with E-state index < -0.39 is 29.8 Å². The lowest BCUT2D eigenvalue weighted by Gasteiger charge is -2.25. The van der Waals surface area contributed by atoms with E-state index in [0.717, 1.165) is 11.1 Å². The predicted molar refractivity (Wildman–Crippen MR) is 183 cm³/mol. The van der Waals surface area contributed by atoms with Crippen LogP contribution in [0.1, 0.15) is 67.4 Å². The molecule has 0 fully saturated rings. The number of alkyl halides is 1. The minimum absolute atomic E-state index is 0.0121. The second kappa shape index (κ2) is 19.0. The van der Waals surface area contributed by atoms with Crippen LogP contribution in [0, 0.1) is 17.8 Å². The summed E-state index contributed by atoms with van der Waals surface area (Å²) in [4.78, 5) is 66.1. The van der Waals surface area contributed by atoms with Crippen LogP contribution >= 0.6 is 22.6 Å². The van der Waals surface area contributed by atoms with Crippen LogP contribution < -0.4 is 5.32 Å². The molecule has 0 saturated heterocycles. The Morgan fingerprint density at radius 1 is 0.756 bits per heavy atom. The smallest absolute Gasteiger partial charge is 0.345 e. The maximum Gasteiger partial charge on any atom is 0.345 e. The number of ether oxygens (including phenoxy) is 1. The molecule has 3 aromatic carbocycles. The molecule has 0 aromatic heterocycles. The lowest BCUT2D eigenvalue weighted by Crippen LogP contribution is -2.46. The van der Waals surface area contributed by atoms with Crippen LogP contribution in [0.25, 0.3) is 0 Å². The van der Waals surface area contributed by atoms with Crippen molar-refractivity contribution in [3.05, 3.63) is 108 Å². The van der Waals surface area contributed by atoms with Gasteiger partial charge in [0.15, 0.2) is 5.78 Å². The van der Waals surface area contributed by atoms with Gasteiger partial charge in [0, 0.05) is 29.6 Å². The number of hydrogen-bond acceptors (Lipinski definition) is 6. The van der Waals surface area contributed by atoms with Gasteiger partial charge in [0.1, 0.15) is 5.78 Å². The average Bonchev–Trinajstić information content (AvgIpc) is 3.03. The van der Waals surface area contributed by atoms with Crippen molar-refractivity contribution in [2.75, 3.05) is 4.43 Å². The summed E-state index contributed by atoms with van der Waals surface area (Å²) in [6, 6.07) is 26.4. The molecule has 1 amide bonds. The summed E-state index contributed by atoms with van der Waals surface area (Å²) in [5, 5.41) is 2.95. The van der Waals surface area contributed by atoms with Crippen molar-refractivity contribution < 1.29 is 28.7 Å². The Balaban J connectivity index is 1.78. The van der Waals surface area contributed by atoms with Crippen molar-refractivity contribution in [2.24, 2.45) is 17.8 Å². The predicted octanol–water partition coefficient (Wildman–Crippen LogP) is 6.75. The first-order valence-corrected chi connectivity index (χ1v) is 17.0. The number of esters is 2. The summed E-state index contributed by atoms with van der Waals surface area (Å²) in [7, 11) is 0. The van der Waals surface area contributed by atoms with E-state index in [2.05, 4.69) is 27.9 Å². The van der Waals surface area contributed by atoms with E-state index in [1.165, 1.54) is 0 Å². The summed E-state index contributed by atoms with van der Waals surface area (Å²) >= 11 is 2.15. The first kappa shape index (κ1) is 35.8. The van der Waals surface area contributed by atoms with Crippen molar-refractivity contribution >= 4 is 52.0 Å². The molecule has 0 aliphatic carbocycles. The summed E-state index contributed by atoms with van der Waals surface area (Å²) in [6.45, 7) is 3.91. The maximum absolute atomic E-state index is 13.8. The van der Waals surface area contributed by atoms with E-state index in [-0.39, 0.29) is 48.2 Å². The quantitative estimate of drug-likeness (QED) is 0.0674. The number of benzene rings is 3. The SMILES string of the molecule is CC(C)C[C@H](NC(=O)[C@H](CCc1ccccc1)CC(=O)CCI)C(=O)C[C@@H](Cc1ccccc1)C(=O)OC(=O)c1ccccc1. The van der Waals surface area contributed by atoms with Gasteiger partial charge in [-0.2, -0.15) is 0 Å². The second-order valence-corrected chi connectivity index (χ2v) is 12.8. The highest BCUT2D eigenvalue weighted by Crippen LogP contribution is 2.21. The number of aryl methyl sites for hydroxylation is 1. The molecule has 0 aliphatic rings. The van der Waals surface area contributed by atoms with Crippen molar-refractivity contribution in [2.45, 2.75) is 64.8 Å². The highest BCUT2D eigenvalue weighted by Gasteiger charge is 2.32. The van der Waals surface area contributed by atoms with E-state index >= 15 is 0 Å². The highest BCUT2D eigenvalue weighted by atomic mass is 127. The van der Waals surface area contributed by atoms with E-state index in [1.807, 2.05) is 74.5 Å². The zero-order chi connectivity index (χ0) is 32.6. The maximum atomic E-state index is 13.8. The first-order chi connectivity index (χ1) is 21.7. The number of amides is 1. The number of carbonyl (C=O) groups excluding carboxylic acids is 5. The third-order valence-electron chi connectivity index (χ3n) is 7.56. The Morgan fingerprint density at radius 2 is 1.33 bits per heavy atom. The van der Waals surface area contributed by atoms with Gasteiger partial charge in [0.2, 0.25) is 5.91 Å². The molecule has 0 aliphatic heterocycles. The van der Waals surface area contributed by atoms with Gasteiger partial charge < -0.3 is 10.1 Å². The van der Waals surface area contributed by atoms with E-state index in [1.54, 1.807) is 30.3 Å². The van der Waals surface area contributed by atoms with Gasteiger partial charge in [-0.3, -0.25) is 19.2 Å². The molecular formula is C37H42INO6. The molecule has 238 valence electrons. The van der Waals surface area contributed by atoms with Gasteiger partial charge in [-0.15, -0.1) is 0 Å². The summed E-state index contributed by atoms with van der Waals surface area (Å²) < 4.78 is 5.91. The molecule has 0 heterocycles. The van der Waals surface area contributed by atoms with Crippen molar-refractivity contribution in [1.82, 2.24) is 5.32 Å². The lowest BCUT2D eigenvalue weighted by molar-refractivity contribution is -0.145. The molecule has 0 spiro atoms. The standard InChI is InChI=1S/C37H42INO6/c1-26(2)22-33(39-35(42)30(24-32(40)20-21-38)19-18-27-12-6-3-7-13-27)34(41)25-31(23-28-14-8-4-9-15-28)37(44)45-36(43)29-16-10-5-11-17-29/h3-17,26,30-31,33H,18-25H2,1-2H3,(H,39,42)/t30-,31-,33+/m1/s1. The average molecular weight is 724 g/mol. The molecular weight excluding hydrogens is 681 g/mol. The fraction of sp³-hybridized carbons (Fsp3) is 0.378. The molecule has 8 heteroatoms. The van der Waals surface area contributed by atoms with Crippen LogP contribution in [0.5, 0.6) is 0 Å². The topological polar surface area (TPSA) is 107 Å². The van der Waals surface area contributed by atoms with Crippen LogP contribution in [0.2, 0.25) is 0 Å². The molecule has 1 N–H and O–H groups in total. The minimum atomic E-state index is -0.932. The molecule has 3 rings (SSSR count). The van der Waals surface area contributed by atoms with Gasteiger partial charge >= 0.3 is 11.9 Å². The highest BCUT2D eigenvalue weighted by molar-refractivity contribution is 14.1. The zero-order valence-corrected chi connectivity index (χ0v) is 28.1. The fourth-order valence-electron chi connectivity index (χ4n) is 5.16. The Bertz CT molecular complexity index is 1390. The van der Waals surface area contributed by atoms with Crippen molar-refractivity contribution in [3.63, 3.8) is 0 Å². The molecule has 3 aromatic rings. The third-order valence-corrected chi connectivity index (χ3v) is 8.10. The van der Waals surface area contributed by atoms with Crippen LogP contribution in [0.4, 0.5) is 0 Å². The number of rotatable bonds is 18. The van der Waals surface area contributed by atoms with Gasteiger partial charge in [-0.1, -0.05) is 115 Å². The fourth-order valence-corrected chi connectivity index (χ4v) is 5.76. The summed E-state index contributed by atoms with van der Waals surface area (Å²) in [6.07, 6.45) is 1.93. The van der Waals surface area contributed by atoms with Gasteiger partial charge in [0.25, 0.3) is 0 Å². The van der Waals surface area contributed by atoms with E-state index in [9.17, 15) is 24.0 Å². The number of nitrogens with one attached hydrogen (secondary N) is 1. The minimum Gasteiger partial charge on any atom is -0.389 e. The normalized spacial score (nSPS) is 13.0. The Hall–Kier alpha value is -3.66. The Labute approximate surface area is 279 Å². The van der Waals surface area contributed by atoms with Crippen LogP contribution in [-0.2, 0) is 36.8 Å². The molecule has 45 heavy (non-hydrogen) atoms. The van der Waals surface area contributed by atoms with Gasteiger partial charge in [-0.25, -0.2) is 4.79 Å². The number of carbonyl (C=O) groups is 5. The van der Waals surface area contributed by atoms with Crippen molar-refractivity contribution in [3.8, 4) is 0 Å². The van der Waals surface area contributed by atoms with Crippen LogP contribution in [-0.4, -0.2) is 39.9 Å². The third kappa shape index (κ3) is 12.7. The summed E-state index contributed by atoms with van der Waals surface area (Å²) in [5.74, 6) is -3.66. The Kier molecular flexibility index (Phi) is 15.1. The summed E-state index contributed by atoms with van der Waals surface area (Å²) in [5.41, 5.74) is 2.12. The molecule has 0 bridgehead atoms. The number of halogens is 1. The van der Waals surface area contributed by atoms with E-state index in [4.69, 9.17) is 4.74 Å². The van der Waals surface area contributed by atoms with Gasteiger partial charge in [0.05, 0.1) is 17.5 Å². The van der Waals surface area contributed by atoms with Crippen LogP contribution in [0.3, 0.4) is 0 Å². The number of Topliss-reactive ketones (excluding diaryl/α,β-unsaturated/α-hetero) is 2. The molecule has 0 radical (unpaired) electrons. The van der Waals surface area contributed by atoms with Crippen LogP contribution in [0.15, 0.2) is 91.0 Å². The second-order valence-electron chi connectivity index (χ2n) is 11.7. The number of hydrogen-bond donors (Lipinski definition) is 1. The Morgan fingerprint density at radius 3 is 1.91 bits per heavy atom. The zero-order valence-electron chi connectivity index (χ0n) is 26.0. The number of ketones is 2. The van der Waals surface area contributed by atoms with E-state index in [0.29, 0.717) is 30.1 Å². The molecule has 0 saturated carbocycles. The largest absolute Gasteiger partial charge is 0.389 e. The molecule has 7 nitrogen and oxygen atoms in total. The molecule has 0 unspecified atom stereocenters. The first-order valence-electron chi connectivity index (χ1n) is 15.5. The van der Waals surface area contributed by atoms with Gasteiger partial charge in [-0.05, 0) is 54.9 Å². The monoisotopic (exact) mass is 723 g/mol. The lowest BCUT2D eigenvalue weighted by atomic mass is 9.88.